The molecular weight excluding hydrogens is 1400 g/mol. The van der Waals surface area contributed by atoms with Gasteiger partial charge in [0.25, 0.3) is 0 Å². The summed E-state index contributed by atoms with van der Waals surface area (Å²) in [5, 5.41) is 0. The van der Waals surface area contributed by atoms with Crippen LogP contribution in [0.3, 0.4) is 0 Å². The van der Waals surface area contributed by atoms with Crippen LogP contribution in [0.15, 0.2) is 311 Å². The Kier molecular flexibility index (Phi) is 26.8. The lowest BCUT2D eigenvalue weighted by molar-refractivity contribution is -0.612. The van der Waals surface area contributed by atoms with E-state index in [4.69, 9.17) is 6.57 Å². The van der Waals surface area contributed by atoms with E-state index in [9.17, 15) is 0 Å². The number of nitrogens with zero attached hydrogens (tertiary/aromatic N) is 11. The Labute approximate surface area is 684 Å². The molecular formula is C104H115N11+10. The summed E-state index contributed by atoms with van der Waals surface area (Å²) in [5.74, 6) is 0.484. The van der Waals surface area contributed by atoms with Gasteiger partial charge in [0.1, 0.15) is 0 Å². The minimum absolute atomic E-state index is 0.0870. The van der Waals surface area contributed by atoms with E-state index in [1.165, 1.54) is 130 Å². The molecule has 11 heteroatoms. The van der Waals surface area contributed by atoms with Crippen LogP contribution in [0.1, 0.15) is 142 Å². The van der Waals surface area contributed by atoms with Gasteiger partial charge >= 0.3 is 0 Å². The molecule has 576 valence electrons. The highest BCUT2D eigenvalue weighted by Crippen LogP contribution is 2.30. The fourth-order valence-corrected chi connectivity index (χ4v) is 14.8. The summed E-state index contributed by atoms with van der Waals surface area (Å²) in [6.45, 7) is 53.2. The molecule has 0 atom stereocenters. The Morgan fingerprint density at radius 3 is 0.626 bits per heavy atom. The third-order valence-corrected chi connectivity index (χ3v) is 21.7. The molecule has 5 aromatic carbocycles. The minimum Gasteiger partial charge on any atom is -0.238 e. The van der Waals surface area contributed by atoms with Gasteiger partial charge in [0.05, 0.1) is 34.4 Å². The Hall–Kier alpha value is -12.9. The molecule has 15 aromatic rings. The highest BCUT2D eigenvalue weighted by atomic mass is 15.0. The molecule has 10 heterocycles. The highest BCUT2D eigenvalue weighted by molar-refractivity contribution is 5.60. The SMILES string of the molecule is Cc1c(-[n+]2ccccc2C)cc(C(C)(C)C)cc1-[n+]1ccccc1C.Cc1c(-[n+]2ccccc2C)cc(C(C)C)cc1-[n+]1ccccc1C.Cc1c(-[n+]2ccccc2C)cccc1-[n+]1ccccc1C.Cc1cc(-[n+]2ccccc2C)c(C)c(-[n+]2ccccc2C)c1.[C-]#[N+]c1cc(-[n+]2ccccc2C)c(C)c(-[n+]2ccccc2C)c1. The Morgan fingerprint density at radius 2 is 0.426 bits per heavy atom. The van der Waals surface area contributed by atoms with Gasteiger partial charge in [0.2, 0.25) is 56.9 Å². The molecule has 15 rings (SSSR count). The molecule has 0 radical (unpaired) electrons. The molecule has 0 aliphatic heterocycles. The predicted molar refractivity (Wildman–Crippen MR) is 462 cm³/mol. The lowest BCUT2D eigenvalue weighted by atomic mass is 9.85. The maximum Gasteiger partial charge on any atom is 0.220 e. The van der Waals surface area contributed by atoms with E-state index in [0.29, 0.717) is 11.6 Å². The largest absolute Gasteiger partial charge is 0.238 e. The molecule has 0 N–H and O–H groups in total. The van der Waals surface area contributed by atoms with Crippen molar-refractivity contribution in [2.75, 3.05) is 0 Å². The van der Waals surface area contributed by atoms with Crippen LogP contribution in [-0.4, -0.2) is 0 Å². The van der Waals surface area contributed by atoms with Gasteiger partial charge in [-0.25, -0.2) is 4.85 Å². The first kappa shape index (κ1) is 83.0. The van der Waals surface area contributed by atoms with Crippen molar-refractivity contribution >= 4 is 5.69 Å². The number of aromatic nitrogens is 10. The quantitative estimate of drug-likeness (QED) is 0.0915. The fourth-order valence-electron chi connectivity index (χ4n) is 14.8. The summed E-state index contributed by atoms with van der Waals surface area (Å²) in [4.78, 5) is 3.67. The molecule has 10 aromatic heterocycles. The van der Waals surface area contributed by atoms with Gasteiger partial charge in [-0.2, -0.15) is 45.7 Å². The van der Waals surface area contributed by atoms with Crippen LogP contribution in [0, 0.1) is 117 Å². The number of pyridine rings is 10. The second-order valence-electron chi connectivity index (χ2n) is 31.4. The first-order valence-electron chi connectivity index (χ1n) is 39.9. The Morgan fingerprint density at radius 1 is 0.235 bits per heavy atom. The van der Waals surface area contributed by atoms with E-state index in [-0.39, 0.29) is 5.41 Å². The molecule has 0 aliphatic rings. The second-order valence-corrected chi connectivity index (χ2v) is 31.4. The lowest BCUT2D eigenvalue weighted by Gasteiger charge is -2.20. The lowest BCUT2D eigenvalue weighted by Crippen LogP contribution is -2.39. The standard InChI is InChI=1S/C23H28N2.C22H26N2.C20H19N3.C20H22N2.C19H20N2/c1-17-11-7-9-13-24(17)21-15-20(23(4,5)6)16-22(19(21)3)25-14-10-8-12-18(25)2;1-16(2)20-14-21(23-12-8-6-10-17(23)3)19(5)22(15-20)24-13-9-7-11-18(24)4;1-15-9-5-7-11-22(15)19-13-18(21-4)14-20(17(19)3)23-12-8-6-10-16(23)2;1-15-13-19(21-11-7-5-9-16(21)2)18(4)20(14-15)22-12-8-6-10-17(22)3;1-15-9-4-6-13-20(15)18-11-8-12-19(17(18)3)21-14-7-5-10-16(21)2/h7-16H,1-6H3;6-16H,1-5H3;5-14H,1-3H3;5-14H,1-4H3;4-14H,1-3H3/q5*+2. The normalized spacial score (nSPS) is 10.9. The zero-order chi connectivity index (χ0) is 82.4. The summed E-state index contributed by atoms with van der Waals surface area (Å²) in [6, 6.07) is 86.9. The number of hydrogen-bond donors (Lipinski definition) is 0. The molecule has 0 bridgehead atoms. The van der Waals surface area contributed by atoms with Crippen LogP contribution >= 0.6 is 0 Å². The summed E-state index contributed by atoms with van der Waals surface area (Å²) < 4.78 is 22.4. The molecule has 0 saturated carbocycles. The van der Waals surface area contributed by atoms with Crippen molar-refractivity contribution in [1.82, 2.24) is 0 Å². The van der Waals surface area contributed by atoms with Crippen molar-refractivity contribution in [1.29, 1.82) is 0 Å². The molecule has 0 unspecified atom stereocenters. The summed E-state index contributed by atoms with van der Waals surface area (Å²) in [6.07, 6.45) is 21.2. The van der Waals surface area contributed by atoms with Gasteiger partial charge in [0, 0.05) is 251 Å². The zero-order valence-corrected chi connectivity index (χ0v) is 71.4. The first-order valence-corrected chi connectivity index (χ1v) is 39.9. The molecule has 0 aliphatic carbocycles. The highest BCUT2D eigenvalue weighted by Gasteiger charge is 2.31. The van der Waals surface area contributed by atoms with Crippen molar-refractivity contribution in [2.45, 2.75) is 157 Å². The van der Waals surface area contributed by atoms with Gasteiger partial charge in [-0.05, 0) is 75.6 Å². The van der Waals surface area contributed by atoms with Crippen molar-refractivity contribution < 1.29 is 45.7 Å². The van der Waals surface area contributed by atoms with Crippen LogP contribution < -0.4 is 45.7 Å². The van der Waals surface area contributed by atoms with E-state index >= 15 is 0 Å². The van der Waals surface area contributed by atoms with Crippen LogP contribution in [0.4, 0.5) is 5.69 Å². The van der Waals surface area contributed by atoms with E-state index in [1.54, 1.807) is 0 Å². The smallest absolute Gasteiger partial charge is 0.220 e. The maximum absolute atomic E-state index is 7.45. The topological polar surface area (TPSA) is 43.2 Å². The molecule has 0 saturated heterocycles. The fraction of sp³-hybridized carbons (Fsp3) is 0.221. The van der Waals surface area contributed by atoms with Gasteiger partial charge in [-0.1, -0.05) is 95.3 Å². The summed E-state index contributed by atoms with van der Waals surface area (Å²) in [7, 11) is 0. The number of aryl methyl sites for hydroxylation is 11. The van der Waals surface area contributed by atoms with Crippen LogP contribution in [0.2, 0.25) is 0 Å². The van der Waals surface area contributed by atoms with Crippen molar-refractivity contribution in [3.63, 3.8) is 0 Å². The first-order chi connectivity index (χ1) is 55.1. The zero-order valence-electron chi connectivity index (χ0n) is 71.4. The number of rotatable bonds is 11. The van der Waals surface area contributed by atoms with Gasteiger partial charge in [-0.15, -0.1) is 0 Å². The van der Waals surface area contributed by atoms with E-state index in [2.05, 4.69) is 458 Å². The third-order valence-electron chi connectivity index (χ3n) is 21.7. The average Bonchev–Trinajstić information content (AvgIpc) is 0.779. The monoisotopic (exact) mass is 1520 g/mol. The Balaban J connectivity index is 0.000000142. The van der Waals surface area contributed by atoms with Crippen molar-refractivity contribution in [3.05, 3.63) is 424 Å². The van der Waals surface area contributed by atoms with E-state index in [1.807, 2.05) is 48.8 Å². The Bertz CT molecular complexity index is 5720. The van der Waals surface area contributed by atoms with Gasteiger partial charge in [-0.3, -0.25) is 0 Å². The predicted octanol–water partition coefficient (Wildman–Crippen LogP) is 19.1. The third kappa shape index (κ3) is 19.2. The molecule has 0 fully saturated rings. The van der Waals surface area contributed by atoms with Crippen LogP contribution in [0.5, 0.6) is 0 Å². The average molecular weight is 1520 g/mol. The molecule has 115 heavy (non-hydrogen) atoms. The number of benzene rings is 5. The van der Waals surface area contributed by atoms with Gasteiger partial charge in [0.15, 0.2) is 125 Å². The van der Waals surface area contributed by atoms with E-state index < -0.39 is 0 Å². The van der Waals surface area contributed by atoms with Gasteiger partial charge < -0.3 is 0 Å². The maximum atomic E-state index is 7.45. The van der Waals surface area contributed by atoms with Crippen molar-refractivity contribution in [3.8, 4) is 56.9 Å². The van der Waals surface area contributed by atoms with E-state index in [0.717, 1.165) is 28.3 Å². The summed E-state index contributed by atoms with van der Waals surface area (Å²) >= 11 is 0. The molecule has 11 nitrogen and oxygen atoms in total. The number of hydrogen-bond acceptors (Lipinski definition) is 0. The second kappa shape index (κ2) is 37.2. The van der Waals surface area contributed by atoms with Crippen LogP contribution in [-0.2, 0) is 5.41 Å². The van der Waals surface area contributed by atoms with Crippen LogP contribution in [0.25, 0.3) is 61.7 Å². The molecule has 0 spiro atoms. The molecule has 0 amide bonds. The minimum atomic E-state index is 0.0870. The summed E-state index contributed by atoms with van der Waals surface area (Å²) in [5.41, 5.74) is 35.1. The van der Waals surface area contributed by atoms with Crippen molar-refractivity contribution in [2.24, 2.45) is 0 Å².